The van der Waals surface area contributed by atoms with Gasteiger partial charge in [0, 0.05) is 6.42 Å². The lowest BCUT2D eigenvalue weighted by Gasteiger charge is -2.22. The number of nitriles is 1. The Morgan fingerprint density at radius 3 is 2.60 bits per heavy atom. The molecule has 0 aromatic heterocycles. The molecular weight excluding hydrogens is 252 g/mol. The van der Waals surface area contributed by atoms with Gasteiger partial charge in [-0.15, -0.1) is 0 Å². The molecule has 4 heteroatoms. The number of amides is 2. The van der Waals surface area contributed by atoms with Gasteiger partial charge in [-0.05, 0) is 37.5 Å². The second-order valence-corrected chi connectivity index (χ2v) is 5.81. The number of rotatable bonds is 1. The number of hydrogen-bond donors (Lipinski definition) is 0. The minimum absolute atomic E-state index is 0.0711. The van der Waals surface area contributed by atoms with Crippen molar-refractivity contribution in [1.82, 2.24) is 0 Å². The van der Waals surface area contributed by atoms with E-state index in [2.05, 4.69) is 6.07 Å². The highest BCUT2D eigenvalue weighted by Crippen LogP contribution is 2.48. The maximum Gasteiger partial charge on any atom is 0.240 e. The number of benzene rings is 1. The van der Waals surface area contributed by atoms with E-state index in [-0.39, 0.29) is 11.8 Å². The van der Waals surface area contributed by atoms with Crippen molar-refractivity contribution in [2.75, 3.05) is 4.90 Å². The van der Waals surface area contributed by atoms with Crippen LogP contribution in [0.4, 0.5) is 5.69 Å². The van der Waals surface area contributed by atoms with Crippen LogP contribution in [0.2, 0.25) is 0 Å². The molecule has 1 saturated heterocycles. The van der Waals surface area contributed by atoms with Crippen molar-refractivity contribution in [1.29, 1.82) is 5.26 Å². The van der Waals surface area contributed by atoms with Crippen LogP contribution in [0.3, 0.4) is 0 Å². The van der Waals surface area contributed by atoms with Crippen LogP contribution >= 0.6 is 0 Å². The van der Waals surface area contributed by atoms with Gasteiger partial charge in [0.15, 0.2) is 0 Å². The first-order valence-corrected chi connectivity index (χ1v) is 6.95. The van der Waals surface area contributed by atoms with Crippen molar-refractivity contribution < 1.29 is 9.59 Å². The van der Waals surface area contributed by atoms with Gasteiger partial charge in [0.05, 0.1) is 22.7 Å². The molecule has 2 amide bonds. The lowest BCUT2D eigenvalue weighted by molar-refractivity contribution is -0.125. The van der Waals surface area contributed by atoms with Gasteiger partial charge in [-0.2, -0.15) is 5.26 Å². The van der Waals surface area contributed by atoms with Crippen LogP contribution in [-0.4, -0.2) is 11.8 Å². The normalized spacial score (nSPS) is 20.7. The molecule has 4 nitrogen and oxygen atoms in total. The van der Waals surface area contributed by atoms with Crippen molar-refractivity contribution in [2.24, 2.45) is 5.41 Å². The number of aryl methyl sites for hydroxylation is 1. The largest absolute Gasteiger partial charge is 0.274 e. The van der Waals surface area contributed by atoms with E-state index in [0.717, 1.165) is 31.2 Å². The Bertz CT molecular complexity index is 636. The number of carbonyl (C=O) groups excluding carboxylic acids is 2. The molecule has 0 atom stereocenters. The molecule has 2 fully saturated rings. The molecule has 20 heavy (non-hydrogen) atoms. The third kappa shape index (κ3) is 1.74. The molecule has 1 spiro atoms. The maximum atomic E-state index is 12.7. The molecule has 3 rings (SSSR count). The first-order valence-electron chi connectivity index (χ1n) is 6.95. The Morgan fingerprint density at radius 2 is 1.95 bits per heavy atom. The van der Waals surface area contributed by atoms with E-state index in [1.165, 1.54) is 4.90 Å². The Balaban J connectivity index is 2.05. The van der Waals surface area contributed by atoms with Gasteiger partial charge < -0.3 is 0 Å². The summed E-state index contributed by atoms with van der Waals surface area (Å²) in [7, 11) is 0. The van der Waals surface area contributed by atoms with E-state index < -0.39 is 5.41 Å². The monoisotopic (exact) mass is 268 g/mol. The van der Waals surface area contributed by atoms with Gasteiger partial charge in [-0.3, -0.25) is 9.59 Å². The molecule has 0 radical (unpaired) electrons. The maximum absolute atomic E-state index is 12.7. The van der Waals surface area contributed by atoms with Crippen molar-refractivity contribution in [3.05, 3.63) is 29.3 Å². The standard InChI is InChI=1S/C16H16N2O2/c1-11-4-5-12(10-17)8-13(11)18-14(19)9-16(15(18)20)6-2-3-7-16/h4-5,8H,2-3,6-7,9H2,1H3. The SMILES string of the molecule is Cc1ccc(C#N)cc1N1C(=O)CC2(CCCC2)C1=O. The summed E-state index contributed by atoms with van der Waals surface area (Å²) in [5.74, 6) is -0.201. The first-order chi connectivity index (χ1) is 9.57. The topological polar surface area (TPSA) is 61.2 Å². The fraction of sp³-hybridized carbons (Fsp3) is 0.438. The molecule has 1 saturated carbocycles. The van der Waals surface area contributed by atoms with Crippen LogP contribution in [0, 0.1) is 23.7 Å². The molecule has 102 valence electrons. The van der Waals surface area contributed by atoms with Gasteiger partial charge >= 0.3 is 0 Å². The summed E-state index contributed by atoms with van der Waals surface area (Å²) >= 11 is 0. The Hall–Kier alpha value is -2.15. The van der Waals surface area contributed by atoms with Gasteiger partial charge in [-0.1, -0.05) is 18.9 Å². The van der Waals surface area contributed by atoms with E-state index >= 15 is 0 Å². The second-order valence-electron chi connectivity index (χ2n) is 5.81. The predicted octanol–water partition coefficient (Wildman–Crippen LogP) is 2.69. The van der Waals surface area contributed by atoms with Crippen molar-refractivity contribution in [3.63, 3.8) is 0 Å². The first kappa shape index (κ1) is 12.9. The summed E-state index contributed by atoms with van der Waals surface area (Å²) in [5.41, 5.74) is 1.42. The van der Waals surface area contributed by atoms with Gasteiger partial charge in [-0.25, -0.2) is 4.90 Å². The summed E-state index contributed by atoms with van der Waals surface area (Å²) in [4.78, 5) is 26.3. The number of anilines is 1. The van der Waals surface area contributed by atoms with Crippen LogP contribution < -0.4 is 4.90 Å². The summed E-state index contributed by atoms with van der Waals surface area (Å²) < 4.78 is 0. The fourth-order valence-corrected chi connectivity index (χ4v) is 3.40. The minimum Gasteiger partial charge on any atom is -0.274 e. The molecule has 1 aromatic carbocycles. The highest BCUT2D eigenvalue weighted by Gasteiger charge is 2.53. The van der Waals surface area contributed by atoms with Crippen LogP contribution in [0.5, 0.6) is 0 Å². The number of carbonyl (C=O) groups is 2. The van der Waals surface area contributed by atoms with Crippen LogP contribution in [0.25, 0.3) is 0 Å². The highest BCUT2D eigenvalue weighted by atomic mass is 16.2. The molecule has 2 aliphatic rings. The number of imide groups is 1. The minimum atomic E-state index is -0.466. The third-order valence-electron chi connectivity index (χ3n) is 4.54. The van der Waals surface area contributed by atoms with E-state index in [9.17, 15) is 9.59 Å². The summed E-state index contributed by atoms with van der Waals surface area (Å²) in [5, 5.41) is 8.99. The Morgan fingerprint density at radius 1 is 1.25 bits per heavy atom. The molecule has 1 aliphatic carbocycles. The Labute approximate surface area is 118 Å². The van der Waals surface area contributed by atoms with Crippen LogP contribution in [0.1, 0.15) is 43.2 Å². The Kier molecular flexibility index (Phi) is 2.86. The van der Waals surface area contributed by atoms with Gasteiger partial charge in [0.25, 0.3) is 0 Å². The number of nitrogens with zero attached hydrogens (tertiary/aromatic N) is 2. The van der Waals surface area contributed by atoms with E-state index in [1.54, 1.807) is 18.2 Å². The van der Waals surface area contributed by atoms with Crippen molar-refractivity contribution in [3.8, 4) is 6.07 Å². The van der Waals surface area contributed by atoms with E-state index in [0.29, 0.717) is 17.7 Å². The fourth-order valence-electron chi connectivity index (χ4n) is 3.40. The molecule has 0 unspecified atom stereocenters. The van der Waals surface area contributed by atoms with Crippen LogP contribution in [-0.2, 0) is 9.59 Å². The molecule has 1 heterocycles. The zero-order valence-corrected chi connectivity index (χ0v) is 11.5. The molecule has 0 N–H and O–H groups in total. The summed E-state index contributed by atoms with van der Waals surface area (Å²) in [6.07, 6.45) is 3.98. The highest BCUT2D eigenvalue weighted by molar-refractivity contribution is 6.23. The van der Waals surface area contributed by atoms with E-state index in [1.807, 2.05) is 6.92 Å². The lowest BCUT2D eigenvalue weighted by atomic mass is 9.84. The summed E-state index contributed by atoms with van der Waals surface area (Å²) in [6.45, 7) is 1.86. The zero-order chi connectivity index (χ0) is 14.3. The lowest BCUT2D eigenvalue weighted by Crippen LogP contribution is -2.34. The predicted molar refractivity (Wildman–Crippen MR) is 73.9 cm³/mol. The van der Waals surface area contributed by atoms with E-state index in [4.69, 9.17) is 5.26 Å². The zero-order valence-electron chi connectivity index (χ0n) is 11.5. The quantitative estimate of drug-likeness (QED) is 0.736. The second kappa shape index (κ2) is 4.45. The molecule has 0 bridgehead atoms. The van der Waals surface area contributed by atoms with Crippen LogP contribution in [0.15, 0.2) is 18.2 Å². The van der Waals surface area contributed by atoms with Crippen molar-refractivity contribution >= 4 is 17.5 Å². The number of hydrogen-bond acceptors (Lipinski definition) is 3. The summed E-state index contributed by atoms with van der Waals surface area (Å²) in [6, 6.07) is 7.19. The smallest absolute Gasteiger partial charge is 0.240 e. The van der Waals surface area contributed by atoms with Gasteiger partial charge in [0.1, 0.15) is 0 Å². The van der Waals surface area contributed by atoms with Crippen molar-refractivity contribution in [2.45, 2.75) is 39.0 Å². The molecular formula is C16H16N2O2. The van der Waals surface area contributed by atoms with Gasteiger partial charge in [0.2, 0.25) is 11.8 Å². The molecule has 1 aromatic rings. The molecule has 1 aliphatic heterocycles. The third-order valence-corrected chi connectivity index (χ3v) is 4.54. The average Bonchev–Trinajstić information content (AvgIpc) is 2.99. The average molecular weight is 268 g/mol.